The van der Waals surface area contributed by atoms with Crippen molar-refractivity contribution >= 4 is 23.0 Å². The highest BCUT2D eigenvalue weighted by Gasteiger charge is 2.27. The first kappa shape index (κ1) is 13.5. The maximum atomic E-state index is 11.6. The van der Waals surface area contributed by atoms with E-state index in [0.29, 0.717) is 0 Å². The van der Waals surface area contributed by atoms with Gasteiger partial charge in [0.1, 0.15) is 11.8 Å². The van der Waals surface area contributed by atoms with Crippen LogP contribution in [0.4, 0.5) is 17.1 Å². The Morgan fingerprint density at radius 2 is 1.81 bits per heavy atom. The molecule has 1 heterocycles. The average molecular weight is 283 g/mol. The maximum Gasteiger partial charge on any atom is 0.245 e. The van der Waals surface area contributed by atoms with Crippen LogP contribution in [0.15, 0.2) is 42.5 Å². The minimum absolute atomic E-state index is 0.158. The first-order valence-corrected chi connectivity index (χ1v) is 6.68. The van der Waals surface area contributed by atoms with Crippen molar-refractivity contribution in [3.8, 4) is 5.75 Å². The highest BCUT2D eigenvalue weighted by atomic mass is 16.5. The van der Waals surface area contributed by atoms with E-state index in [1.165, 1.54) is 0 Å². The van der Waals surface area contributed by atoms with Crippen LogP contribution in [0.5, 0.6) is 5.75 Å². The summed E-state index contributed by atoms with van der Waals surface area (Å²) < 4.78 is 5.16. The number of benzene rings is 2. The van der Waals surface area contributed by atoms with Crippen molar-refractivity contribution in [1.29, 1.82) is 0 Å². The highest BCUT2D eigenvalue weighted by molar-refractivity contribution is 6.03. The number of amides is 1. The van der Waals surface area contributed by atoms with Crippen LogP contribution in [-0.4, -0.2) is 20.1 Å². The Balaban J connectivity index is 1.90. The third-order valence-corrected chi connectivity index (χ3v) is 3.76. The fourth-order valence-corrected chi connectivity index (χ4v) is 2.44. The Morgan fingerprint density at radius 1 is 1.14 bits per heavy atom. The van der Waals surface area contributed by atoms with Crippen molar-refractivity contribution in [2.24, 2.45) is 5.73 Å². The number of anilines is 3. The van der Waals surface area contributed by atoms with Crippen LogP contribution >= 0.6 is 0 Å². The predicted molar refractivity (Wildman–Crippen MR) is 83.1 cm³/mol. The Morgan fingerprint density at radius 3 is 2.48 bits per heavy atom. The number of carbonyl (C=O) groups is 1. The van der Waals surface area contributed by atoms with E-state index in [0.717, 1.165) is 28.4 Å². The zero-order valence-electron chi connectivity index (χ0n) is 12.0. The van der Waals surface area contributed by atoms with Crippen LogP contribution in [0.1, 0.15) is 11.6 Å². The molecule has 0 aliphatic carbocycles. The lowest BCUT2D eigenvalue weighted by molar-refractivity contribution is -0.116. The molecule has 0 aromatic heterocycles. The van der Waals surface area contributed by atoms with Crippen LogP contribution < -0.4 is 20.7 Å². The lowest BCUT2D eigenvalue weighted by Gasteiger charge is -2.20. The van der Waals surface area contributed by atoms with E-state index in [1.54, 1.807) is 7.11 Å². The van der Waals surface area contributed by atoms with E-state index in [-0.39, 0.29) is 5.91 Å². The van der Waals surface area contributed by atoms with Crippen LogP contribution in [-0.2, 0) is 4.79 Å². The second-order valence-corrected chi connectivity index (χ2v) is 5.00. The molecular weight excluding hydrogens is 266 g/mol. The SMILES string of the molecule is COc1ccc(N(C)c2ccc3c(c2)NC(=O)C3N)cc1. The minimum Gasteiger partial charge on any atom is -0.497 e. The number of nitrogens with two attached hydrogens (primary N) is 1. The first-order chi connectivity index (χ1) is 10.1. The minimum atomic E-state index is -0.569. The van der Waals surface area contributed by atoms with Gasteiger partial charge in [-0.2, -0.15) is 0 Å². The maximum absolute atomic E-state index is 11.6. The standard InChI is InChI=1S/C16H17N3O2/c1-19(10-3-6-12(21-2)7-4-10)11-5-8-13-14(9-11)18-16(20)15(13)17/h3-9,15H,17H2,1-2H3,(H,18,20). The Labute approximate surface area is 123 Å². The molecule has 0 radical (unpaired) electrons. The van der Waals surface area contributed by atoms with Crippen molar-refractivity contribution < 1.29 is 9.53 Å². The monoisotopic (exact) mass is 283 g/mol. The number of nitrogens with one attached hydrogen (secondary N) is 1. The van der Waals surface area contributed by atoms with E-state index < -0.39 is 6.04 Å². The van der Waals surface area contributed by atoms with E-state index in [1.807, 2.05) is 54.4 Å². The van der Waals surface area contributed by atoms with Crippen LogP contribution in [0.3, 0.4) is 0 Å². The van der Waals surface area contributed by atoms with Gasteiger partial charge in [-0.1, -0.05) is 6.07 Å². The highest BCUT2D eigenvalue weighted by Crippen LogP contribution is 2.34. The first-order valence-electron chi connectivity index (χ1n) is 6.68. The molecule has 0 saturated carbocycles. The summed E-state index contributed by atoms with van der Waals surface area (Å²) in [5.41, 5.74) is 9.45. The second kappa shape index (κ2) is 5.10. The number of carbonyl (C=O) groups excluding carboxylic acids is 1. The number of ether oxygens (including phenoxy) is 1. The van der Waals surface area contributed by atoms with Crippen molar-refractivity contribution in [2.75, 3.05) is 24.4 Å². The second-order valence-electron chi connectivity index (χ2n) is 5.00. The fourth-order valence-electron chi connectivity index (χ4n) is 2.44. The van der Waals surface area contributed by atoms with Gasteiger partial charge < -0.3 is 20.7 Å². The Hall–Kier alpha value is -2.53. The molecule has 3 rings (SSSR count). The number of methoxy groups -OCH3 is 1. The molecule has 1 atom stereocenters. The zero-order valence-corrected chi connectivity index (χ0v) is 12.0. The molecule has 1 amide bonds. The number of fused-ring (bicyclic) bond motifs is 1. The Kier molecular flexibility index (Phi) is 3.27. The van der Waals surface area contributed by atoms with Gasteiger partial charge in [-0.3, -0.25) is 4.79 Å². The van der Waals surface area contributed by atoms with Crippen molar-refractivity contribution in [3.63, 3.8) is 0 Å². The van der Waals surface area contributed by atoms with Gasteiger partial charge in [-0.25, -0.2) is 0 Å². The third-order valence-electron chi connectivity index (χ3n) is 3.76. The van der Waals surface area contributed by atoms with Gasteiger partial charge in [-0.05, 0) is 36.4 Å². The topological polar surface area (TPSA) is 67.6 Å². The molecule has 3 N–H and O–H groups in total. The van der Waals surface area contributed by atoms with Gasteiger partial charge in [0.25, 0.3) is 0 Å². The summed E-state index contributed by atoms with van der Waals surface area (Å²) in [6.07, 6.45) is 0. The van der Waals surface area contributed by atoms with Gasteiger partial charge in [0.15, 0.2) is 0 Å². The summed E-state index contributed by atoms with van der Waals surface area (Å²) in [4.78, 5) is 13.6. The molecule has 1 unspecified atom stereocenters. The van der Waals surface area contributed by atoms with Gasteiger partial charge in [0.2, 0.25) is 5.91 Å². The quantitative estimate of drug-likeness (QED) is 0.907. The van der Waals surface area contributed by atoms with Crippen molar-refractivity contribution in [3.05, 3.63) is 48.0 Å². The van der Waals surface area contributed by atoms with Crippen LogP contribution in [0, 0.1) is 0 Å². The van der Waals surface area contributed by atoms with Gasteiger partial charge in [-0.15, -0.1) is 0 Å². The average Bonchev–Trinajstić information content (AvgIpc) is 2.81. The van der Waals surface area contributed by atoms with E-state index in [9.17, 15) is 4.79 Å². The number of hydrogen-bond acceptors (Lipinski definition) is 4. The molecule has 1 aliphatic rings. The number of rotatable bonds is 3. The molecule has 0 bridgehead atoms. The zero-order chi connectivity index (χ0) is 15.0. The molecule has 5 nitrogen and oxygen atoms in total. The normalized spacial score (nSPS) is 16.3. The number of hydrogen-bond donors (Lipinski definition) is 2. The lowest BCUT2D eigenvalue weighted by Crippen LogP contribution is -2.19. The fraction of sp³-hybridized carbons (Fsp3) is 0.188. The summed E-state index contributed by atoms with van der Waals surface area (Å²) in [6, 6.07) is 13.0. The number of nitrogens with zero attached hydrogens (tertiary/aromatic N) is 1. The van der Waals surface area contributed by atoms with Crippen molar-refractivity contribution in [2.45, 2.75) is 6.04 Å². The summed E-state index contributed by atoms with van der Waals surface area (Å²) in [5, 5.41) is 2.80. The lowest BCUT2D eigenvalue weighted by atomic mass is 10.1. The van der Waals surface area contributed by atoms with E-state index >= 15 is 0 Å². The van der Waals surface area contributed by atoms with E-state index in [2.05, 4.69) is 5.32 Å². The molecule has 2 aromatic carbocycles. The molecule has 2 aromatic rings. The van der Waals surface area contributed by atoms with Gasteiger partial charge in [0, 0.05) is 29.7 Å². The summed E-state index contributed by atoms with van der Waals surface area (Å²) >= 11 is 0. The molecule has 108 valence electrons. The van der Waals surface area contributed by atoms with E-state index in [4.69, 9.17) is 10.5 Å². The Bertz CT molecular complexity index is 682. The smallest absolute Gasteiger partial charge is 0.245 e. The summed E-state index contributed by atoms with van der Waals surface area (Å²) in [5.74, 6) is 0.661. The van der Waals surface area contributed by atoms with Crippen LogP contribution in [0.2, 0.25) is 0 Å². The third kappa shape index (κ3) is 2.32. The summed E-state index contributed by atoms with van der Waals surface area (Å²) in [7, 11) is 3.62. The molecule has 21 heavy (non-hydrogen) atoms. The van der Waals surface area contributed by atoms with Gasteiger partial charge >= 0.3 is 0 Å². The largest absolute Gasteiger partial charge is 0.497 e. The molecular formula is C16H17N3O2. The predicted octanol–water partition coefficient (Wildman–Crippen LogP) is 2.42. The molecule has 0 fully saturated rings. The molecule has 0 saturated heterocycles. The molecule has 1 aliphatic heterocycles. The summed E-state index contributed by atoms with van der Waals surface area (Å²) in [6.45, 7) is 0. The van der Waals surface area contributed by atoms with Crippen molar-refractivity contribution in [1.82, 2.24) is 0 Å². The van der Waals surface area contributed by atoms with Crippen LogP contribution in [0.25, 0.3) is 0 Å². The molecule has 0 spiro atoms. The molecule has 5 heteroatoms. The van der Waals surface area contributed by atoms with Gasteiger partial charge in [0.05, 0.1) is 7.11 Å².